The van der Waals surface area contributed by atoms with E-state index in [1.165, 1.54) is 11.3 Å². The van der Waals surface area contributed by atoms with Gasteiger partial charge in [-0.3, -0.25) is 0 Å². The Morgan fingerprint density at radius 1 is 0.493 bits per heavy atom. The third kappa shape index (κ3) is 15.1. The highest BCUT2D eigenvalue weighted by molar-refractivity contribution is 7.20. The number of ether oxygens (including phenoxy) is 1. The Morgan fingerprint density at radius 2 is 0.859 bits per heavy atom. The number of fused-ring (bicyclic) bond motifs is 3. The summed E-state index contributed by atoms with van der Waals surface area (Å²) in [4.78, 5) is 25.8. The molecule has 0 fully saturated rings. The summed E-state index contributed by atoms with van der Waals surface area (Å²) in [6.07, 6.45) is 28.8. The van der Waals surface area contributed by atoms with Crippen molar-refractivity contribution in [2.75, 3.05) is 24.3 Å². The molecule has 7 N–H and O–H groups in total. The van der Waals surface area contributed by atoms with E-state index in [4.69, 9.17) is 26.4 Å². The second-order valence-corrected chi connectivity index (χ2v) is 25.2. The lowest BCUT2D eigenvalue weighted by molar-refractivity contribution is 0.415. The van der Waals surface area contributed by atoms with E-state index in [0.29, 0.717) is 17.5 Å². The lowest BCUT2D eigenvalue weighted by Crippen LogP contribution is -2.43. The number of anilines is 3. The summed E-state index contributed by atoms with van der Waals surface area (Å²) >= 11 is 4.84. The van der Waals surface area contributed by atoms with E-state index in [-0.39, 0.29) is 10.8 Å². The molecule has 16 heteroatoms. The molecule has 0 radical (unpaired) electrons. The second-order valence-electron chi connectivity index (χ2n) is 17.3. The van der Waals surface area contributed by atoms with E-state index >= 15 is 0 Å². The quantitative estimate of drug-likeness (QED) is 0.0669. The minimum atomic E-state index is -1.84. The molecule has 12 nitrogen and oxygen atoms in total. The number of benzene rings is 3. The summed E-state index contributed by atoms with van der Waals surface area (Å²) in [6.45, 7) is 11.3. The zero-order valence-corrected chi connectivity index (χ0v) is 43.7. The Balaban J connectivity index is 0.000000159. The van der Waals surface area contributed by atoms with Crippen molar-refractivity contribution in [3.05, 3.63) is 178 Å². The molecule has 0 saturated heterocycles. The first kappa shape index (κ1) is 51.1. The van der Waals surface area contributed by atoms with Crippen LogP contribution in [0.4, 0.5) is 17.5 Å². The van der Waals surface area contributed by atoms with Gasteiger partial charge in [-0.1, -0.05) is 75.5 Å². The molecule has 0 spiro atoms. The van der Waals surface area contributed by atoms with Crippen LogP contribution in [-0.4, -0.2) is 50.4 Å². The van der Waals surface area contributed by atoms with Gasteiger partial charge < -0.3 is 31.5 Å². The van der Waals surface area contributed by atoms with Crippen molar-refractivity contribution in [3.8, 4) is 17.2 Å². The van der Waals surface area contributed by atoms with Gasteiger partial charge in [0.2, 0.25) is 8.32 Å². The zero-order valence-electron chi connectivity index (χ0n) is 40.2. The smallest absolute Gasteiger partial charge is 0.250 e. The predicted molar refractivity (Wildman–Crippen MR) is 305 cm³/mol. The number of aromatic hydroxyl groups is 1. The number of nitrogens with zero attached hydrogens (tertiary/aromatic N) is 6. The van der Waals surface area contributed by atoms with Crippen LogP contribution in [-0.2, 0) is 0 Å². The standard InChI is InChI=1S/C22H27N3OSSi.C17H15N3OS.C16H13N3OS/c1-22(2,3)28(4,5)26-17-11-12-18-19(14-17)27-21(25-18)9-7-6-8-16-10-13-20(23)24-15-16;1-21-13-7-8-14-15(10-13)22-17(20-14)5-3-2-4-12-6-9-16(18)19-11-12;17-15-8-5-11(10-18-15)3-1-2-4-16-19-13-7-6-12(20)9-14(13)21-16/h6-15H,1-5H3,(H2,23,24);2-11H,1H3,(H2,18,19);1-10,20H,(H2,17,18)/b8-6+,9-7+;4-2+,5-3+;3-1+,4-2+. The van der Waals surface area contributed by atoms with Crippen molar-refractivity contribution in [2.45, 2.75) is 38.9 Å². The first-order chi connectivity index (χ1) is 34.1. The Labute approximate surface area is 426 Å². The van der Waals surface area contributed by atoms with Crippen molar-refractivity contribution in [3.63, 3.8) is 0 Å². The normalized spacial score (nSPS) is 12.3. The molecule has 0 amide bonds. The molecule has 0 aliphatic heterocycles. The number of pyridine rings is 3. The zero-order chi connectivity index (χ0) is 50.4. The van der Waals surface area contributed by atoms with Gasteiger partial charge in [0.25, 0.3) is 0 Å². The summed E-state index contributed by atoms with van der Waals surface area (Å²) in [7, 11) is -0.173. The maximum absolute atomic E-state index is 9.43. The topological polar surface area (TPSA) is 194 Å². The number of thiazole rings is 3. The number of nitrogen functional groups attached to an aromatic ring is 3. The monoisotopic (exact) mass is 1010 g/mol. The number of hydrogen-bond acceptors (Lipinski definition) is 15. The highest BCUT2D eigenvalue weighted by atomic mass is 32.1. The van der Waals surface area contributed by atoms with Gasteiger partial charge >= 0.3 is 0 Å². The van der Waals surface area contributed by atoms with E-state index in [1.54, 1.807) is 78.7 Å². The number of nitrogens with two attached hydrogens (primary N) is 3. The Bertz CT molecular complexity index is 3390. The SMILES string of the molecule is CC(C)(C)[Si](C)(C)Oc1ccc2nc(/C=C/C=C/c3ccc(N)nc3)sc2c1.COc1ccc2nc(/C=C/C=C/c3ccc(N)nc3)sc2c1.Nc1ccc(/C=C/C=C/c2nc3ccc(O)cc3s2)cn1. The fourth-order valence-corrected chi connectivity index (χ4v) is 9.84. The van der Waals surface area contributed by atoms with E-state index < -0.39 is 8.32 Å². The fraction of sp³-hybridized carbons (Fsp3) is 0.127. The first-order valence-corrected chi connectivity index (χ1v) is 27.8. The molecule has 71 heavy (non-hydrogen) atoms. The van der Waals surface area contributed by atoms with Crippen LogP contribution in [0.1, 0.15) is 52.5 Å². The van der Waals surface area contributed by atoms with Crippen molar-refractivity contribution in [1.29, 1.82) is 0 Å². The summed E-state index contributed by atoms with van der Waals surface area (Å²) in [6, 6.07) is 28.4. The van der Waals surface area contributed by atoms with E-state index in [0.717, 1.165) is 73.9 Å². The summed E-state index contributed by atoms with van der Waals surface area (Å²) in [5.41, 5.74) is 22.6. The van der Waals surface area contributed by atoms with Crippen LogP contribution < -0.4 is 26.4 Å². The maximum atomic E-state index is 9.43. The number of methoxy groups -OCH3 is 1. The van der Waals surface area contributed by atoms with Gasteiger partial charge in [-0.25, -0.2) is 29.9 Å². The van der Waals surface area contributed by atoms with Gasteiger partial charge in [-0.05, 0) is 144 Å². The van der Waals surface area contributed by atoms with Gasteiger partial charge in [0.05, 0.1) is 37.8 Å². The number of rotatable bonds is 12. The maximum Gasteiger partial charge on any atom is 0.250 e. The fourth-order valence-electron chi connectivity index (χ4n) is 6.09. The van der Waals surface area contributed by atoms with E-state index in [9.17, 15) is 5.11 Å². The molecular formula is C55H55N9O3S3Si. The van der Waals surface area contributed by atoms with Crippen LogP contribution in [0.25, 0.3) is 67.1 Å². The van der Waals surface area contributed by atoms with Gasteiger partial charge in [0, 0.05) is 18.6 Å². The van der Waals surface area contributed by atoms with Gasteiger partial charge in [0.15, 0.2) is 0 Å². The third-order valence-electron chi connectivity index (χ3n) is 10.9. The number of hydrogen-bond donors (Lipinski definition) is 4. The molecule has 6 aromatic heterocycles. The Hall–Kier alpha value is -7.76. The Kier molecular flexibility index (Phi) is 17.1. The van der Waals surface area contributed by atoms with Crippen LogP contribution >= 0.6 is 34.0 Å². The van der Waals surface area contributed by atoms with Crippen molar-refractivity contribution >= 4 is 127 Å². The number of aromatic nitrogens is 6. The average Bonchev–Trinajstić information content (AvgIpc) is 4.08. The minimum absolute atomic E-state index is 0.176. The molecule has 9 rings (SSSR count). The summed E-state index contributed by atoms with van der Waals surface area (Å²) < 4.78 is 14.9. The molecule has 360 valence electrons. The molecule has 9 aromatic rings. The molecular weight excluding hydrogens is 959 g/mol. The second kappa shape index (κ2) is 23.7. The van der Waals surface area contributed by atoms with Gasteiger partial charge in [-0.15, -0.1) is 34.0 Å². The van der Waals surface area contributed by atoms with Crippen LogP contribution in [0.5, 0.6) is 17.2 Å². The predicted octanol–water partition coefficient (Wildman–Crippen LogP) is 14.1. The number of allylic oxidation sites excluding steroid dienone is 6. The van der Waals surface area contributed by atoms with Crippen molar-refractivity contribution in [1.82, 2.24) is 29.9 Å². The van der Waals surface area contributed by atoms with Crippen LogP contribution in [0.15, 0.2) is 146 Å². The minimum Gasteiger partial charge on any atom is -0.543 e. The van der Waals surface area contributed by atoms with Crippen LogP contribution in [0.3, 0.4) is 0 Å². The largest absolute Gasteiger partial charge is 0.543 e. The van der Waals surface area contributed by atoms with E-state index in [1.807, 2.05) is 128 Å². The van der Waals surface area contributed by atoms with Gasteiger partial charge in [0.1, 0.15) is 49.7 Å². The lowest BCUT2D eigenvalue weighted by atomic mass is 10.2. The summed E-state index contributed by atoms with van der Waals surface area (Å²) in [5.74, 6) is 3.62. The van der Waals surface area contributed by atoms with Crippen molar-refractivity contribution in [2.24, 2.45) is 0 Å². The van der Waals surface area contributed by atoms with E-state index in [2.05, 4.69) is 69.8 Å². The molecule has 0 aliphatic carbocycles. The highest BCUT2D eigenvalue weighted by Gasteiger charge is 2.39. The Morgan fingerprint density at radius 3 is 1.24 bits per heavy atom. The van der Waals surface area contributed by atoms with Gasteiger partial charge in [-0.2, -0.15) is 0 Å². The molecule has 0 atom stereocenters. The molecule has 0 aliphatic rings. The van der Waals surface area contributed by atoms with Crippen LogP contribution in [0.2, 0.25) is 18.1 Å². The molecule has 0 bridgehead atoms. The first-order valence-electron chi connectivity index (χ1n) is 22.4. The van der Waals surface area contributed by atoms with Crippen LogP contribution in [0, 0.1) is 0 Å². The molecule has 0 saturated carbocycles. The summed E-state index contributed by atoms with van der Waals surface area (Å²) in [5, 5.41) is 12.4. The average molecular weight is 1010 g/mol. The third-order valence-corrected chi connectivity index (χ3v) is 18.2. The molecule has 0 unspecified atom stereocenters. The van der Waals surface area contributed by atoms with Crippen molar-refractivity contribution < 1.29 is 14.3 Å². The highest BCUT2D eigenvalue weighted by Crippen LogP contribution is 2.38. The number of phenols is 1. The molecule has 3 aromatic carbocycles. The number of phenolic OH excluding ortho intramolecular Hbond substituents is 1. The lowest BCUT2D eigenvalue weighted by Gasteiger charge is -2.36. The molecule has 6 heterocycles.